The van der Waals surface area contributed by atoms with E-state index in [0.29, 0.717) is 12.8 Å². The van der Waals surface area contributed by atoms with Crippen LogP contribution in [0.2, 0.25) is 0 Å². The van der Waals surface area contributed by atoms with E-state index in [-0.39, 0.29) is 6.61 Å². The standard InChI is InChI=1S/C46H88O9/c1-3-5-7-9-11-13-15-17-18-19-20-21-22-23-25-27-29-31-33-35-40(49)42(50)38(37-54-46-45(53)44(52)43(51)41(36-47)55-46)39(48)34-32-30-28-26-24-16-14-12-10-8-6-4-2/h32,34,38-41,43-49,51-53H,3-31,33,35-37H2,1-2H3/b34-32+/t38-,39+,40+,41+,43-,44-,45+,46+/m0/s1. The summed E-state index contributed by atoms with van der Waals surface area (Å²) in [6.07, 6.45) is 31.2. The predicted molar refractivity (Wildman–Crippen MR) is 224 cm³/mol. The molecule has 0 aromatic carbocycles. The van der Waals surface area contributed by atoms with Crippen molar-refractivity contribution in [3.05, 3.63) is 12.2 Å². The minimum Gasteiger partial charge on any atom is -0.394 e. The molecule has 1 rings (SSSR count). The van der Waals surface area contributed by atoms with Crippen LogP contribution in [0.1, 0.15) is 213 Å². The first-order chi connectivity index (χ1) is 26.8. The third-order valence-corrected chi connectivity index (χ3v) is 11.5. The Balaban J connectivity index is 2.39. The van der Waals surface area contributed by atoms with Gasteiger partial charge < -0.3 is 40.1 Å². The van der Waals surface area contributed by atoms with Crippen molar-refractivity contribution in [3.8, 4) is 0 Å². The Hall–Kier alpha value is -0.910. The normalized spacial score (nSPS) is 22.0. The van der Waals surface area contributed by atoms with Crippen LogP contribution in [0.15, 0.2) is 12.2 Å². The quantitative estimate of drug-likeness (QED) is 0.0264. The van der Waals surface area contributed by atoms with Gasteiger partial charge in [-0.25, -0.2) is 0 Å². The van der Waals surface area contributed by atoms with Crippen molar-refractivity contribution >= 4 is 5.78 Å². The van der Waals surface area contributed by atoms with Crippen LogP contribution in [-0.2, 0) is 14.3 Å². The van der Waals surface area contributed by atoms with Crippen LogP contribution >= 0.6 is 0 Å². The molecule has 1 heterocycles. The van der Waals surface area contributed by atoms with Crippen LogP contribution in [-0.4, -0.2) is 92.5 Å². The minimum atomic E-state index is -1.62. The lowest BCUT2D eigenvalue weighted by Gasteiger charge is -2.40. The molecule has 0 aromatic heterocycles. The Morgan fingerprint density at radius 2 is 0.982 bits per heavy atom. The number of ketones is 1. The maximum Gasteiger partial charge on any atom is 0.186 e. The molecule has 0 aliphatic carbocycles. The van der Waals surface area contributed by atoms with Gasteiger partial charge in [0.15, 0.2) is 12.1 Å². The van der Waals surface area contributed by atoms with Gasteiger partial charge in [0.05, 0.1) is 25.2 Å². The van der Waals surface area contributed by atoms with Gasteiger partial charge in [-0.15, -0.1) is 0 Å². The second-order valence-electron chi connectivity index (χ2n) is 16.6. The third kappa shape index (κ3) is 25.9. The van der Waals surface area contributed by atoms with Crippen molar-refractivity contribution in [3.63, 3.8) is 0 Å². The lowest BCUT2D eigenvalue weighted by atomic mass is 9.91. The van der Waals surface area contributed by atoms with Crippen LogP contribution in [0, 0.1) is 5.92 Å². The van der Waals surface area contributed by atoms with E-state index in [1.54, 1.807) is 6.08 Å². The van der Waals surface area contributed by atoms with Crippen molar-refractivity contribution in [2.75, 3.05) is 13.2 Å². The van der Waals surface area contributed by atoms with Crippen molar-refractivity contribution in [2.45, 2.75) is 256 Å². The van der Waals surface area contributed by atoms with E-state index in [1.165, 1.54) is 148 Å². The Labute approximate surface area is 337 Å². The summed E-state index contributed by atoms with van der Waals surface area (Å²) in [5, 5.41) is 62.2. The van der Waals surface area contributed by atoms with Gasteiger partial charge >= 0.3 is 0 Å². The SMILES string of the molecule is CCCCCCCCCCCC/C=C/[C@@H](O)[C@H](CO[C@@H]1O[C@H](CO)[C@H](O)[C@H](O)[C@H]1O)C(=O)[C@H](O)CCCCCCCCCCCCCCCCCCCCC. The molecule has 0 unspecified atom stereocenters. The summed E-state index contributed by atoms with van der Waals surface area (Å²) in [5.74, 6) is -1.66. The number of ether oxygens (including phenoxy) is 2. The number of hydrogen-bond acceptors (Lipinski definition) is 9. The summed E-state index contributed by atoms with van der Waals surface area (Å²) >= 11 is 0. The first-order valence-electron chi connectivity index (χ1n) is 23.3. The molecule has 0 bridgehead atoms. The molecule has 1 saturated heterocycles. The molecule has 9 heteroatoms. The van der Waals surface area contributed by atoms with Crippen LogP contribution in [0.5, 0.6) is 0 Å². The van der Waals surface area contributed by atoms with Gasteiger partial charge in [-0.05, 0) is 19.3 Å². The van der Waals surface area contributed by atoms with Crippen molar-refractivity contribution < 1.29 is 44.9 Å². The number of carbonyl (C=O) groups excluding carboxylic acids is 1. The maximum atomic E-state index is 13.5. The number of allylic oxidation sites excluding steroid dienone is 1. The van der Waals surface area contributed by atoms with E-state index >= 15 is 0 Å². The fourth-order valence-corrected chi connectivity index (χ4v) is 7.68. The zero-order valence-electron chi connectivity index (χ0n) is 35.5. The fourth-order valence-electron chi connectivity index (χ4n) is 7.68. The number of unbranched alkanes of at least 4 members (excludes halogenated alkanes) is 28. The molecule has 0 saturated carbocycles. The minimum absolute atomic E-state index is 0.295. The molecule has 6 N–H and O–H groups in total. The molecule has 0 radical (unpaired) electrons. The second kappa shape index (κ2) is 36.2. The first kappa shape index (κ1) is 52.1. The Kier molecular flexibility index (Phi) is 34.3. The molecule has 55 heavy (non-hydrogen) atoms. The van der Waals surface area contributed by atoms with Crippen molar-refractivity contribution in [1.82, 2.24) is 0 Å². The van der Waals surface area contributed by atoms with E-state index in [2.05, 4.69) is 13.8 Å². The van der Waals surface area contributed by atoms with E-state index in [0.717, 1.165) is 38.5 Å². The predicted octanol–water partition coefficient (Wildman–Crippen LogP) is 9.40. The lowest BCUT2D eigenvalue weighted by Crippen LogP contribution is -2.59. The van der Waals surface area contributed by atoms with E-state index < -0.39 is 61.2 Å². The van der Waals surface area contributed by atoms with Gasteiger partial charge in [-0.2, -0.15) is 0 Å². The van der Waals surface area contributed by atoms with Gasteiger partial charge in [0, 0.05) is 0 Å². The largest absolute Gasteiger partial charge is 0.394 e. The molecular weight excluding hydrogens is 696 g/mol. The Morgan fingerprint density at radius 1 is 0.582 bits per heavy atom. The number of rotatable bonds is 39. The molecule has 0 aromatic rings. The summed E-state index contributed by atoms with van der Waals surface area (Å²) in [7, 11) is 0. The van der Waals surface area contributed by atoms with Crippen LogP contribution < -0.4 is 0 Å². The highest BCUT2D eigenvalue weighted by Crippen LogP contribution is 2.24. The molecule has 1 fully saturated rings. The summed E-state index contributed by atoms with van der Waals surface area (Å²) in [5.41, 5.74) is 0. The van der Waals surface area contributed by atoms with Crippen LogP contribution in [0.25, 0.3) is 0 Å². The highest BCUT2D eigenvalue weighted by Gasteiger charge is 2.44. The maximum absolute atomic E-state index is 13.5. The van der Waals surface area contributed by atoms with Gasteiger partial charge in [0.1, 0.15) is 30.5 Å². The molecule has 326 valence electrons. The van der Waals surface area contributed by atoms with Gasteiger partial charge in [0.25, 0.3) is 0 Å². The second-order valence-corrected chi connectivity index (χ2v) is 16.6. The van der Waals surface area contributed by atoms with Crippen molar-refractivity contribution in [2.24, 2.45) is 5.92 Å². The Bertz CT molecular complexity index is 883. The first-order valence-corrected chi connectivity index (χ1v) is 23.3. The summed E-state index contributed by atoms with van der Waals surface area (Å²) in [4.78, 5) is 13.5. The van der Waals surface area contributed by atoms with E-state index in [9.17, 15) is 35.4 Å². The Morgan fingerprint density at radius 3 is 1.40 bits per heavy atom. The number of hydrogen-bond donors (Lipinski definition) is 6. The molecule has 1 aliphatic rings. The summed E-state index contributed by atoms with van der Waals surface area (Å²) < 4.78 is 11.1. The highest BCUT2D eigenvalue weighted by molar-refractivity contribution is 5.86. The monoisotopic (exact) mass is 785 g/mol. The van der Waals surface area contributed by atoms with Crippen molar-refractivity contribution in [1.29, 1.82) is 0 Å². The highest BCUT2D eigenvalue weighted by atomic mass is 16.7. The summed E-state index contributed by atoms with van der Waals surface area (Å²) in [6, 6.07) is 0. The number of aliphatic hydroxyl groups is 6. The number of carbonyl (C=O) groups is 1. The molecule has 8 atom stereocenters. The molecule has 0 amide bonds. The average Bonchev–Trinajstić information content (AvgIpc) is 3.18. The van der Waals surface area contributed by atoms with Crippen LogP contribution in [0.4, 0.5) is 0 Å². The number of Topliss-reactive ketones (excluding diaryl/α,β-unsaturated/α-hetero) is 1. The zero-order chi connectivity index (χ0) is 40.4. The number of aliphatic hydroxyl groups excluding tert-OH is 6. The van der Waals surface area contributed by atoms with Gasteiger partial charge in [-0.3, -0.25) is 4.79 Å². The zero-order valence-corrected chi connectivity index (χ0v) is 35.5. The average molecular weight is 785 g/mol. The van der Waals surface area contributed by atoms with E-state index in [4.69, 9.17) is 9.47 Å². The van der Waals surface area contributed by atoms with E-state index in [1.807, 2.05) is 6.08 Å². The van der Waals surface area contributed by atoms with Gasteiger partial charge in [0.2, 0.25) is 0 Å². The molecular formula is C46H88O9. The molecule has 9 nitrogen and oxygen atoms in total. The fraction of sp³-hybridized carbons (Fsp3) is 0.935. The molecule has 0 spiro atoms. The smallest absolute Gasteiger partial charge is 0.186 e. The lowest BCUT2D eigenvalue weighted by molar-refractivity contribution is -0.303. The summed E-state index contributed by atoms with van der Waals surface area (Å²) in [6.45, 7) is 3.53. The van der Waals surface area contributed by atoms with Crippen LogP contribution in [0.3, 0.4) is 0 Å². The third-order valence-electron chi connectivity index (χ3n) is 11.5. The van der Waals surface area contributed by atoms with Gasteiger partial charge in [-0.1, -0.05) is 206 Å². The molecule has 1 aliphatic heterocycles. The topological polar surface area (TPSA) is 157 Å².